The lowest BCUT2D eigenvalue weighted by atomic mass is 10.0. The molecule has 0 bridgehead atoms. The monoisotopic (exact) mass is 326 g/mol. The number of sulfonamides is 1. The van der Waals surface area contributed by atoms with Crippen molar-refractivity contribution < 1.29 is 8.42 Å². The van der Waals surface area contributed by atoms with Crippen LogP contribution in [0.15, 0.2) is 23.1 Å². The second kappa shape index (κ2) is 6.78. The Kier molecular flexibility index (Phi) is 5.26. The lowest BCUT2D eigenvalue weighted by Gasteiger charge is -2.16. The van der Waals surface area contributed by atoms with Crippen molar-refractivity contribution in [3.05, 3.63) is 28.8 Å². The highest BCUT2D eigenvalue weighted by Crippen LogP contribution is 2.25. The molecule has 2 atom stereocenters. The van der Waals surface area contributed by atoms with E-state index >= 15 is 0 Å². The minimum absolute atomic E-state index is 0.0191. The third kappa shape index (κ3) is 4.19. The van der Waals surface area contributed by atoms with E-state index in [-0.39, 0.29) is 21.5 Å². The van der Waals surface area contributed by atoms with Crippen LogP contribution in [0, 0.1) is 17.2 Å². The number of hydrogen-bond donors (Lipinski definition) is 1. The molecule has 0 amide bonds. The first-order chi connectivity index (χ1) is 9.92. The molecular formula is C15H19ClN2O2S. The molecule has 1 saturated carbocycles. The Morgan fingerprint density at radius 2 is 2.05 bits per heavy atom. The third-order valence-corrected chi connectivity index (χ3v) is 5.78. The van der Waals surface area contributed by atoms with E-state index in [4.69, 9.17) is 16.9 Å². The number of hydrogen-bond acceptors (Lipinski definition) is 3. The van der Waals surface area contributed by atoms with E-state index in [1.54, 1.807) is 0 Å². The average molecular weight is 327 g/mol. The fraction of sp³-hybridized carbons (Fsp3) is 0.533. The van der Waals surface area contributed by atoms with Gasteiger partial charge in [-0.3, -0.25) is 0 Å². The van der Waals surface area contributed by atoms with Gasteiger partial charge in [-0.25, -0.2) is 13.1 Å². The van der Waals surface area contributed by atoms with Crippen molar-refractivity contribution in [3.63, 3.8) is 0 Å². The van der Waals surface area contributed by atoms with Gasteiger partial charge in [-0.05, 0) is 43.4 Å². The normalized spacial score (nSPS) is 23.3. The van der Waals surface area contributed by atoms with Crippen LogP contribution >= 0.6 is 11.6 Å². The van der Waals surface area contributed by atoms with Crippen molar-refractivity contribution in [3.8, 4) is 6.07 Å². The zero-order valence-electron chi connectivity index (χ0n) is 12.0. The highest BCUT2D eigenvalue weighted by molar-refractivity contribution is 7.89. The van der Waals surface area contributed by atoms with Crippen LogP contribution in [0.3, 0.4) is 0 Å². The van der Waals surface area contributed by atoms with Crippen LogP contribution < -0.4 is 4.72 Å². The molecule has 1 aliphatic rings. The molecule has 0 heterocycles. The van der Waals surface area contributed by atoms with E-state index in [2.05, 4.69) is 11.6 Å². The van der Waals surface area contributed by atoms with Crippen molar-refractivity contribution in [1.82, 2.24) is 4.72 Å². The van der Waals surface area contributed by atoms with E-state index < -0.39 is 10.0 Å². The highest BCUT2D eigenvalue weighted by Gasteiger charge is 2.23. The second-order valence-corrected chi connectivity index (χ2v) is 7.81. The van der Waals surface area contributed by atoms with Gasteiger partial charge in [0.2, 0.25) is 10.0 Å². The van der Waals surface area contributed by atoms with Gasteiger partial charge in [0, 0.05) is 6.04 Å². The van der Waals surface area contributed by atoms with Gasteiger partial charge in [-0.15, -0.1) is 0 Å². The van der Waals surface area contributed by atoms with Gasteiger partial charge < -0.3 is 0 Å². The van der Waals surface area contributed by atoms with Gasteiger partial charge in [0.15, 0.2) is 0 Å². The molecule has 1 N–H and O–H groups in total. The standard InChI is InChI=1S/C15H19ClN2O2S/c1-11-3-2-4-13(7-5-11)18-21(19,20)14-8-6-12(10-17)15(16)9-14/h6,8-9,11,13,18H,2-5,7H2,1H3. The first kappa shape index (κ1) is 16.3. The molecule has 0 aromatic heterocycles. The van der Waals surface area contributed by atoms with Crippen LogP contribution in [0.25, 0.3) is 0 Å². The molecular weight excluding hydrogens is 308 g/mol. The molecule has 1 aliphatic carbocycles. The molecule has 2 rings (SSSR count). The van der Waals surface area contributed by atoms with Gasteiger partial charge in [-0.1, -0.05) is 31.4 Å². The molecule has 0 radical (unpaired) electrons. The summed E-state index contributed by atoms with van der Waals surface area (Å²) in [6.45, 7) is 2.21. The Bertz CT molecular complexity index is 652. The number of rotatable bonds is 3. The van der Waals surface area contributed by atoms with Gasteiger partial charge in [-0.2, -0.15) is 5.26 Å². The molecule has 1 aromatic carbocycles. The van der Waals surface area contributed by atoms with Crippen LogP contribution in [0.4, 0.5) is 0 Å². The first-order valence-corrected chi connectivity index (χ1v) is 9.00. The smallest absolute Gasteiger partial charge is 0.208 e. The van der Waals surface area contributed by atoms with E-state index in [1.165, 1.54) is 18.2 Å². The molecule has 0 saturated heterocycles. The van der Waals surface area contributed by atoms with Crippen LogP contribution in [0.1, 0.15) is 44.6 Å². The number of nitrogens with one attached hydrogen (secondary N) is 1. The number of nitrogens with zero attached hydrogens (tertiary/aromatic N) is 1. The molecule has 114 valence electrons. The summed E-state index contributed by atoms with van der Waals surface area (Å²) in [5.74, 6) is 0.656. The maximum absolute atomic E-state index is 12.4. The minimum Gasteiger partial charge on any atom is -0.208 e. The molecule has 6 heteroatoms. The summed E-state index contributed by atoms with van der Waals surface area (Å²) in [7, 11) is -3.58. The van der Waals surface area contributed by atoms with Gasteiger partial charge in [0.1, 0.15) is 6.07 Å². The molecule has 0 aliphatic heterocycles. The summed E-state index contributed by atoms with van der Waals surface area (Å²) >= 11 is 5.91. The van der Waals surface area contributed by atoms with Crippen molar-refractivity contribution in [1.29, 1.82) is 5.26 Å². The van der Waals surface area contributed by atoms with Crippen molar-refractivity contribution >= 4 is 21.6 Å². The second-order valence-electron chi connectivity index (χ2n) is 5.69. The summed E-state index contributed by atoms with van der Waals surface area (Å²) in [5.41, 5.74) is 0.277. The van der Waals surface area contributed by atoms with Crippen LogP contribution in [0.5, 0.6) is 0 Å². The molecule has 0 spiro atoms. The van der Waals surface area contributed by atoms with Gasteiger partial charge >= 0.3 is 0 Å². The summed E-state index contributed by atoms with van der Waals surface area (Å²) in [6.07, 6.45) is 4.97. The van der Waals surface area contributed by atoms with Gasteiger partial charge in [0.05, 0.1) is 15.5 Å². The van der Waals surface area contributed by atoms with Gasteiger partial charge in [0.25, 0.3) is 0 Å². The highest BCUT2D eigenvalue weighted by atomic mass is 35.5. The third-order valence-electron chi connectivity index (χ3n) is 3.95. The minimum atomic E-state index is -3.58. The summed E-state index contributed by atoms with van der Waals surface area (Å²) in [6, 6.07) is 6.10. The summed E-state index contributed by atoms with van der Waals surface area (Å²) in [5, 5.41) is 8.99. The number of halogens is 1. The lowest BCUT2D eigenvalue weighted by Crippen LogP contribution is -2.34. The fourth-order valence-electron chi connectivity index (χ4n) is 2.65. The lowest BCUT2D eigenvalue weighted by molar-refractivity contribution is 0.484. The topological polar surface area (TPSA) is 70.0 Å². The Hall–Kier alpha value is -1.09. The predicted octanol–water partition coefficient (Wildman–Crippen LogP) is 3.46. The average Bonchev–Trinajstić information content (AvgIpc) is 2.63. The number of nitriles is 1. The molecule has 2 unspecified atom stereocenters. The summed E-state index contributed by atoms with van der Waals surface area (Å²) in [4.78, 5) is 0.115. The van der Waals surface area contributed by atoms with Crippen LogP contribution in [0.2, 0.25) is 5.02 Å². The van der Waals surface area contributed by atoms with Crippen molar-refractivity contribution in [2.24, 2.45) is 5.92 Å². The largest absolute Gasteiger partial charge is 0.240 e. The van der Waals surface area contributed by atoms with E-state index in [1.807, 2.05) is 6.07 Å². The Morgan fingerprint density at radius 1 is 1.29 bits per heavy atom. The Balaban J connectivity index is 2.15. The fourth-order valence-corrected chi connectivity index (χ4v) is 4.26. The van der Waals surface area contributed by atoms with Crippen molar-refractivity contribution in [2.75, 3.05) is 0 Å². The predicted molar refractivity (Wildman–Crippen MR) is 82.5 cm³/mol. The van der Waals surface area contributed by atoms with E-state index in [0.717, 1.165) is 32.1 Å². The Morgan fingerprint density at radius 3 is 2.71 bits per heavy atom. The van der Waals surface area contributed by atoms with E-state index in [9.17, 15) is 8.42 Å². The quantitative estimate of drug-likeness (QED) is 0.865. The van der Waals surface area contributed by atoms with Crippen LogP contribution in [-0.2, 0) is 10.0 Å². The molecule has 1 fully saturated rings. The van der Waals surface area contributed by atoms with Crippen molar-refractivity contribution in [2.45, 2.75) is 50.0 Å². The van der Waals surface area contributed by atoms with Crippen LogP contribution in [-0.4, -0.2) is 14.5 Å². The maximum atomic E-state index is 12.4. The molecule has 4 nitrogen and oxygen atoms in total. The SMILES string of the molecule is CC1CCCC(NS(=O)(=O)c2ccc(C#N)c(Cl)c2)CC1. The molecule has 21 heavy (non-hydrogen) atoms. The number of benzene rings is 1. The zero-order valence-corrected chi connectivity index (χ0v) is 13.5. The summed E-state index contributed by atoms with van der Waals surface area (Å²) < 4.78 is 27.6. The first-order valence-electron chi connectivity index (χ1n) is 7.14. The zero-order chi connectivity index (χ0) is 15.5. The maximum Gasteiger partial charge on any atom is 0.240 e. The van der Waals surface area contributed by atoms with E-state index in [0.29, 0.717) is 5.92 Å². The molecule has 1 aromatic rings. The Labute approximate surface area is 131 Å².